The molecule has 3 heterocycles. The molecule has 0 radical (unpaired) electrons. The summed E-state index contributed by atoms with van der Waals surface area (Å²) in [6.07, 6.45) is -10.2. The van der Waals surface area contributed by atoms with Gasteiger partial charge in [-0.3, -0.25) is 9.80 Å². The molecule has 214 valence electrons. The van der Waals surface area contributed by atoms with Crippen LogP contribution in [0.15, 0.2) is 47.8 Å². The number of rotatable bonds is 5. The second-order valence-electron chi connectivity index (χ2n) is 8.26. The highest BCUT2D eigenvalue weighted by molar-refractivity contribution is 7.09. The summed E-state index contributed by atoms with van der Waals surface area (Å²) in [6.45, 7) is 8.63. The Kier molecular flexibility index (Phi) is 11.5. The van der Waals surface area contributed by atoms with Gasteiger partial charge in [0.15, 0.2) is 0 Å². The number of imidazole rings is 1. The number of aryl methyl sites for hydroxylation is 1. The number of piperazine rings is 1. The minimum absolute atomic E-state index is 0.933. The fourth-order valence-corrected chi connectivity index (χ4v) is 4.07. The molecular weight excluding hydrogens is 554 g/mol. The summed E-state index contributed by atoms with van der Waals surface area (Å²) in [5, 5.41) is 16.4. The number of carboxylic acid groups (broad SMARTS) is 2. The summed E-state index contributed by atoms with van der Waals surface area (Å²) in [4.78, 5) is 32.6. The third-order valence-electron chi connectivity index (χ3n) is 5.32. The minimum Gasteiger partial charge on any atom is -0.475 e. The molecule has 2 aromatic heterocycles. The second kappa shape index (κ2) is 14.1. The molecule has 0 atom stereocenters. The van der Waals surface area contributed by atoms with Crippen LogP contribution in [0, 0.1) is 6.92 Å². The third-order valence-corrected chi connectivity index (χ3v) is 6.18. The van der Waals surface area contributed by atoms with E-state index in [9.17, 15) is 26.3 Å². The molecule has 0 saturated carbocycles. The average molecular weight is 581 g/mol. The number of carbonyl (C=O) groups is 2. The average Bonchev–Trinajstić information content (AvgIpc) is 3.50. The predicted octanol–water partition coefficient (Wildman–Crippen LogP) is 5.03. The monoisotopic (exact) mass is 580 g/mol. The van der Waals surface area contributed by atoms with Gasteiger partial charge in [-0.1, -0.05) is 36.4 Å². The standard InChI is InChI=1S/C20H24N4S.2C2HF3O2/c1-16-19(22-20(21-16)17-6-3-2-4-7-17)15-24-11-9-23(10-12-24)14-18-8-5-13-25-18;2*3-2(4,5)1(6)7/h2-8,13H,9-12,14-15H2,1H3,(H,21,22);2*(H,6,7). The van der Waals surface area contributed by atoms with E-state index in [1.54, 1.807) is 0 Å². The lowest BCUT2D eigenvalue weighted by Gasteiger charge is -2.34. The van der Waals surface area contributed by atoms with E-state index in [-0.39, 0.29) is 0 Å². The summed E-state index contributed by atoms with van der Waals surface area (Å²) in [5.41, 5.74) is 3.50. The van der Waals surface area contributed by atoms with Crippen LogP contribution in [-0.4, -0.2) is 80.5 Å². The van der Waals surface area contributed by atoms with Gasteiger partial charge in [0.25, 0.3) is 0 Å². The van der Waals surface area contributed by atoms with E-state index in [4.69, 9.17) is 24.8 Å². The van der Waals surface area contributed by atoms with Gasteiger partial charge in [-0.2, -0.15) is 26.3 Å². The number of nitrogens with one attached hydrogen (secondary N) is 1. The van der Waals surface area contributed by atoms with Gasteiger partial charge in [0.2, 0.25) is 0 Å². The van der Waals surface area contributed by atoms with Crippen LogP contribution in [0.4, 0.5) is 26.3 Å². The molecule has 0 aliphatic carbocycles. The Labute approximate surface area is 223 Å². The largest absolute Gasteiger partial charge is 0.490 e. The van der Waals surface area contributed by atoms with Crippen LogP contribution in [0.25, 0.3) is 11.4 Å². The number of aromatic nitrogens is 2. The molecule has 0 bridgehead atoms. The number of halogens is 6. The Bertz CT molecular complexity index is 1150. The molecule has 4 rings (SSSR count). The zero-order chi connectivity index (χ0) is 29.2. The van der Waals surface area contributed by atoms with Crippen LogP contribution >= 0.6 is 11.3 Å². The molecule has 0 spiro atoms. The fraction of sp³-hybridized carbons (Fsp3) is 0.375. The van der Waals surface area contributed by atoms with E-state index in [2.05, 4.69) is 63.5 Å². The maximum Gasteiger partial charge on any atom is 0.490 e. The van der Waals surface area contributed by atoms with Gasteiger partial charge >= 0.3 is 24.3 Å². The van der Waals surface area contributed by atoms with Crippen molar-refractivity contribution in [2.24, 2.45) is 0 Å². The van der Waals surface area contributed by atoms with Crippen LogP contribution in [0.3, 0.4) is 0 Å². The first-order valence-corrected chi connectivity index (χ1v) is 12.2. The Morgan fingerprint density at radius 2 is 1.36 bits per heavy atom. The molecule has 15 heteroatoms. The highest BCUT2D eigenvalue weighted by Crippen LogP contribution is 2.20. The van der Waals surface area contributed by atoms with Crippen molar-refractivity contribution in [3.8, 4) is 11.4 Å². The summed E-state index contributed by atoms with van der Waals surface area (Å²) < 4.78 is 63.5. The minimum atomic E-state index is -5.08. The molecule has 39 heavy (non-hydrogen) atoms. The van der Waals surface area contributed by atoms with E-state index >= 15 is 0 Å². The Balaban J connectivity index is 0.000000317. The highest BCUT2D eigenvalue weighted by atomic mass is 32.1. The number of H-pyrrole nitrogens is 1. The molecule has 1 aromatic carbocycles. The molecule has 3 N–H and O–H groups in total. The number of aliphatic carboxylic acids is 2. The van der Waals surface area contributed by atoms with Gasteiger partial charge < -0.3 is 15.2 Å². The van der Waals surface area contributed by atoms with Crippen molar-refractivity contribution in [3.63, 3.8) is 0 Å². The van der Waals surface area contributed by atoms with Crippen molar-refractivity contribution in [3.05, 3.63) is 64.1 Å². The van der Waals surface area contributed by atoms with Crippen molar-refractivity contribution in [2.45, 2.75) is 32.4 Å². The first-order valence-electron chi connectivity index (χ1n) is 11.3. The van der Waals surface area contributed by atoms with E-state index in [0.717, 1.165) is 50.7 Å². The molecule has 0 unspecified atom stereocenters. The smallest absolute Gasteiger partial charge is 0.475 e. The summed E-state index contributed by atoms with van der Waals surface area (Å²) >= 11 is 1.85. The quantitative estimate of drug-likeness (QED) is 0.363. The van der Waals surface area contributed by atoms with E-state index < -0.39 is 24.3 Å². The van der Waals surface area contributed by atoms with Crippen LogP contribution in [0.2, 0.25) is 0 Å². The topological polar surface area (TPSA) is 110 Å². The number of alkyl halides is 6. The van der Waals surface area contributed by atoms with Crippen LogP contribution < -0.4 is 0 Å². The Morgan fingerprint density at radius 1 is 0.872 bits per heavy atom. The van der Waals surface area contributed by atoms with Gasteiger partial charge in [0.1, 0.15) is 5.82 Å². The van der Waals surface area contributed by atoms with Crippen molar-refractivity contribution in [1.29, 1.82) is 0 Å². The van der Waals surface area contributed by atoms with Gasteiger partial charge in [-0.05, 0) is 18.4 Å². The second-order valence-corrected chi connectivity index (χ2v) is 9.29. The predicted molar refractivity (Wildman–Crippen MR) is 131 cm³/mol. The number of thiophene rings is 1. The zero-order valence-corrected chi connectivity index (χ0v) is 21.4. The molecule has 1 fully saturated rings. The first-order chi connectivity index (χ1) is 18.2. The first kappa shape index (κ1) is 31.8. The normalized spacial score (nSPS) is 14.5. The lowest BCUT2D eigenvalue weighted by atomic mass is 10.2. The molecule has 1 saturated heterocycles. The molecule has 1 aliphatic heterocycles. The molecule has 8 nitrogen and oxygen atoms in total. The van der Waals surface area contributed by atoms with Crippen molar-refractivity contribution in [1.82, 2.24) is 19.8 Å². The van der Waals surface area contributed by atoms with E-state index in [0.29, 0.717) is 0 Å². The third kappa shape index (κ3) is 11.1. The van der Waals surface area contributed by atoms with Crippen LogP contribution in [0.5, 0.6) is 0 Å². The zero-order valence-electron chi connectivity index (χ0n) is 20.6. The van der Waals surface area contributed by atoms with Gasteiger partial charge in [0, 0.05) is 55.4 Å². The van der Waals surface area contributed by atoms with Crippen LogP contribution in [0.1, 0.15) is 16.3 Å². The number of aromatic amines is 1. The van der Waals surface area contributed by atoms with Crippen molar-refractivity contribution < 1.29 is 46.1 Å². The molecule has 0 amide bonds. The summed E-state index contributed by atoms with van der Waals surface area (Å²) in [6, 6.07) is 14.7. The summed E-state index contributed by atoms with van der Waals surface area (Å²) in [7, 11) is 0. The lowest BCUT2D eigenvalue weighted by Crippen LogP contribution is -2.45. The van der Waals surface area contributed by atoms with Gasteiger partial charge in [-0.25, -0.2) is 14.6 Å². The van der Waals surface area contributed by atoms with Crippen molar-refractivity contribution >= 4 is 23.3 Å². The number of hydrogen-bond acceptors (Lipinski definition) is 6. The van der Waals surface area contributed by atoms with Gasteiger partial charge in [0.05, 0.1) is 5.69 Å². The number of nitrogens with zero attached hydrogens (tertiary/aromatic N) is 3. The van der Waals surface area contributed by atoms with E-state index in [1.807, 2.05) is 17.4 Å². The SMILES string of the molecule is Cc1[nH]c(-c2ccccc2)nc1CN1CCN(Cc2cccs2)CC1.O=C(O)C(F)(F)F.O=C(O)C(F)(F)F. The number of benzene rings is 1. The maximum absolute atomic E-state index is 10.6. The van der Waals surface area contributed by atoms with Crippen LogP contribution in [-0.2, 0) is 22.7 Å². The van der Waals surface area contributed by atoms with Gasteiger partial charge in [-0.15, -0.1) is 11.3 Å². The van der Waals surface area contributed by atoms with E-state index in [1.165, 1.54) is 16.3 Å². The lowest BCUT2D eigenvalue weighted by molar-refractivity contribution is -0.193. The maximum atomic E-state index is 10.6. The number of hydrogen-bond donors (Lipinski definition) is 3. The Morgan fingerprint density at radius 3 is 1.79 bits per heavy atom. The number of carboxylic acids is 2. The fourth-order valence-electron chi connectivity index (χ4n) is 3.32. The van der Waals surface area contributed by atoms with Crippen molar-refractivity contribution in [2.75, 3.05) is 26.2 Å². The summed E-state index contributed by atoms with van der Waals surface area (Å²) in [5.74, 6) is -4.54. The Hall–Kier alpha value is -3.43. The molecule has 1 aliphatic rings. The highest BCUT2D eigenvalue weighted by Gasteiger charge is 2.38. The molecular formula is C24H26F6N4O4S. The molecule has 3 aromatic rings.